The van der Waals surface area contributed by atoms with Gasteiger partial charge in [0, 0.05) is 33.1 Å². The third-order valence-corrected chi connectivity index (χ3v) is 4.13. The molecular formula is C12H8BrClFNO3S. The molecule has 2 rings (SSSR count). The van der Waals surface area contributed by atoms with Crippen molar-refractivity contribution < 1.29 is 17.5 Å². The van der Waals surface area contributed by atoms with E-state index in [0.29, 0.717) is 0 Å². The lowest BCUT2D eigenvalue weighted by Gasteiger charge is -2.08. The molecule has 0 unspecified atom stereocenters. The monoisotopic (exact) mass is 379 g/mol. The van der Waals surface area contributed by atoms with Crippen LogP contribution in [0.3, 0.4) is 0 Å². The summed E-state index contributed by atoms with van der Waals surface area (Å²) in [5.74, 6) is -0.858. The highest BCUT2D eigenvalue weighted by Crippen LogP contribution is 2.24. The number of ether oxygens (including phenoxy) is 1. The van der Waals surface area contributed by atoms with Crippen molar-refractivity contribution in [3.8, 4) is 5.75 Å². The minimum Gasteiger partial charge on any atom is -0.486 e. The maximum absolute atomic E-state index is 13.7. The predicted molar refractivity (Wildman–Crippen MR) is 75.7 cm³/mol. The number of aromatic nitrogens is 1. The van der Waals surface area contributed by atoms with Crippen LogP contribution in [0.1, 0.15) is 5.56 Å². The Morgan fingerprint density at radius 1 is 1.30 bits per heavy atom. The Kier molecular flexibility index (Phi) is 4.62. The molecule has 1 aromatic heterocycles. The highest BCUT2D eigenvalue weighted by atomic mass is 79.9. The molecule has 4 nitrogen and oxygen atoms in total. The summed E-state index contributed by atoms with van der Waals surface area (Å²) in [6.45, 7) is 0.107. The summed E-state index contributed by atoms with van der Waals surface area (Å²) < 4.78 is 41.9. The third-order valence-electron chi connectivity index (χ3n) is 2.34. The lowest BCUT2D eigenvalue weighted by Crippen LogP contribution is -1.99. The fourth-order valence-corrected chi connectivity index (χ4v) is 2.62. The molecule has 0 atom stereocenters. The number of pyridine rings is 1. The summed E-state index contributed by atoms with van der Waals surface area (Å²) in [6, 6.07) is 5.00. The molecule has 1 heterocycles. The zero-order chi connectivity index (χ0) is 14.8. The first kappa shape index (κ1) is 15.2. The molecule has 8 heteroatoms. The van der Waals surface area contributed by atoms with Gasteiger partial charge in [-0.1, -0.05) is 0 Å². The van der Waals surface area contributed by atoms with E-state index >= 15 is 0 Å². The SMILES string of the molecule is O=S(=O)(Cl)c1ccc(OCc2cncc(Br)c2)c(F)c1. The summed E-state index contributed by atoms with van der Waals surface area (Å²) in [4.78, 5) is 3.64. The van der Waals surface area contributed by atoms with Gasteiger partial charge in [-0.25, -0.2) is 12.8 Å². The molecule has 0 aliphatic heterocycles. The Hall–Kier alpha value is -1.18. The summed E-state index contributed by atoms with van der Waals surface area (Å²) in [5.41, 5.74) is 0.743. The van der Waals surface area contributed by atoms with E-state index < -0.39 is 14.9 Å². The molecule has 1 aromatic carbocycles. The molecule has 0 bridgehead atoms. The predicted octanol–water partition coefficient (Wildman–Crippen LogP) is 3.49. The third kappa shape index (κ3) is 3.91. The number of nitrogens with zero attached hydrogens (tertiary/aromatic N) is 1. The van der Waals surface area contributed by atoms with E-state index in [1.54, 1.807) is 18.5 Å². The van der Waals surface area contributed by atoms with Gasteiger partial charge in [-0.05, 0) is 40.2 Å². The average molecular weight is 381 g/mol. The maximum Gasteiger partial charge on any atom is 0.261 e. The van der Waals surface area contributed by atoms with Gasteiger partial charge in [0.15, 0.2) is 11.6 Å². The van der Waals surface area contributed by atoms with Gasteiger partial charge in [0.2, 0.25) is 0 Å². The van der Waals surface area contributed by atoms with Gasteiger partial charge in [0.1, 0.15) is 6.61 Å². The van der Waals surface area contributed by atoms with E-state index in [1.165, 1.54) is 12.1 Å². The van der Waals surface area contributed by atoms with E-state index in [4.69, 9.17) is 15.4 Å². The van der Waals surface area contributed by atoms with Gasteiger partial charge in [-0.15, -0.1) is 0 Å². The van der Waals surface area contributed by atoms with E-state index in [2.05, 4.69) is 20.9 Å². The molecule has 0 fully saturated rings. The zero-order valence-corrected chi connectivity index (χ0v) is 13.0. The summed E-state index contributed by atoms with van der Waals surface area (Å²) >= 11 is 3.26. The van der Waals surface area contributed by atoms with Crippen LogP contribution in [0.4, 0.5) is 4.39 Å². The average Bonchev–Trinajstić information content (AvgIpc) is 2.36. The highest BCUT2D eigenvalue weighted by Gasteiger charge is 2.13. The van der Waals surface area contributed by atoms with Crippen LogP contribution in [0, 0.1) is 5.82 Å². The molecule has 0 saturated heterocycles. The largest absolute Gasteiger partial charge is 0.486 e. The summed E-state index contributed by atoms with van der Waals surface area (Å²) in [7, 11) is 1.17. The smallest absolute Gasteiger partial charge is 0.261 e. The summed E-state index contributed by atoms with van der Waals surface area (Å²) in [6.07, 6.45) is 3.20. The van der Waals surface area contributed by atoms with Crippen LogP contribution >= 0.6 is 26.6 Å². The standard InChI is InChI=1S/C12H8BrClFNO3S/c13-9-3-8(5-16-6-9)7-19-12-2-1-10(4-11(12)15)20(14,17)18/h1-6H,7H2. The fourth-order valence-electron chi connectivity index (χ4n) is 1.45. The van der Waals surface area contributed by atoms with Gasteiger partial charge >= 0.3 is 0 Å². The zero-order valence-electron chi connectivity index (χ0n) is 9.89. The second-order valence-electron chi connectivity index (χ2n) is 3.83. The van der Waals surface area contributed by atoms with Crippen LogP contribution < -0.4 is 4.74 Å². The van der Waals surface area contributed by atoms with Crippen LogP contribution in [0.2, 0.25) is 0 Å². The minimum atomic E-state index is -3.95. The van der Waals surface area contributed by atoms with E-state index in [0.717, 1.165) is 16.1 Å². The lowest BCUT2D eigenvalue weighted by atomic mass is 10.3. The first-order valence-electron chi connectivity index (χ1n) is 5.33. The molecule has 0 aliphatic carbocycles. The lowest BCUT2D eigenvalue weighted by molar-refractivity contribution is 0.289. The Morgan fingerprint density at radius 2 is 2.05 bits per heavy atom. The van der Waals surface area contributed by atoms with Gasteiger partial charge in [-0.2, -0.15) is 0 Å². The number of rotatable bonds is 4. The normalized spacial score (nSPS) is 11.3. The Bertz CT molecular complexity index is 739. The molecule has 0 amide bonds. The maximum atomic E-state index is 13.7. The molecular weight excluding hydrogens is 373 g/mol. The molecule has 0 aliphatic rings. The van der Waals surface area contributed by atoms with Crippen molar-refractivity contribution in [2.45, 2.75) is 11.5 Å². The van der Waals surface area contributed by atoms with Crippen molar-refractivity contribution in [2.75, 3.05) is 0 Å². The number of halogens is 3. The molecule has 2 aromatic rings. The Morgan fingerprint density at radius 3 is 2.65 bits per heavy atom. The van der Waals surface area contributed by atoms with Gasteiger partial charge in [0.05, 0.1) is 4.90 Å². The van der Waals surface area contributed by atoms with Crippen molar-refractivity contribution in [3.05, 3.63) is 52.5 Å². The van der Waals surface area contributed by atoms with Crippen LogP contribution in [0.25, 0.3) is 0 Å². The molecule has 20 heavy (non-hydrogen) atoms. The topological polar surface area (TPSA) is 56.3 Å². The quantitative estimate of drug-likeness (QED) is 0.762. The van der Waals surface area contributed by atoms with Crippen molar-refractivity contribution >= 4 is 35.7 Å². The highest BCUT2D eigenvalue weighted by molar-refractivity contribution is 9.10. The Balaban J connectivity index is 2.15. The molecule has 0 spiro atoms. The minimum absolute atomic E-state index is 0.0611. The van der Waals surface area contributed by atoms with Crippen molar-refractivity contribution in [2.24, 2.45) is 0 Å². The van der Waals surface area contributed by atoms with Crippen LogP contribution in [-0.2, 0) is 15.7 Å². The van der Waals surface area contributed by atoms with Crippen LogP contribution in [0.5, 0.6) is 5.75 Å². The van der Waals surface area contributed by atoms with E-state index in [-0.39, 0.29) is 17.3 Å². The first-order valence-corrected chi connectivity index (χ1v) is 8.43. The molecule has 0 radical (unpaired) electrons. The van der Waals surface area contributed by atoms with E-state index in [9.17, 15) is 12.8 Å². The fraction of sp³-hybridized carbons (Fsp3) is 0.0833. The second kappa shape index (κ2) is 6.07. The summed E-state index contributed by atoms with van der Waals surface area (Å²) in [5, 5.41) is 0. The second-order valence-corrected chi connectivity index (χ2v) is 7.31. The van der Waals surface area contributed by atoms with Crippen molar-refractivity contribution in [1.82, 2.24) is 4.98 Å². The Labute approximate surface area is 128 Å². The number of hydrogen-bond acceptors (Lipinski definition) is 4. The molecule has 0 saturated carbocycles. The van der Waals surface area contributed by atoms with E-state index in [1.807, 2.05) is 0 Å². The van der Waals surface area contributed by atoms with Crippen LogP contribution in [0.15, 0.2) is 46.0 Å². The molecule has 0 N–H and O–H groups in total. The van der Waals surface area contributed by atoms with Crippen molar-refractivity contribution in [3.63, 3.8) is 0 Å². The number of benzene rings is 1. The van der Waals surface area contributed by atoms with Gasteiger partial charge in [0.25, 0.3) is 9.05 Å². The van der Waals surface area contributed by atoms with Crippen LogP contribution in [-0.4, -0.2) is 13.4 Å². The van der Waals surface area contributed by atoms with Gasteiger partial charge in [-0.3, -0.25) is 4.98 Å². The molecule has 106 valence electrons. The first-order chi connectivity index (χ1) is 9.36. The van der Waals surface area contributed by atoms with Crippen molar-refractivity contribution in [1.29, 1.82) is 0 Å². The van der Waals surface area contributed by atoms with Gasteiger partial charge < -0.3 is 4.74 Å². The number of hydrogen-bond donors (Lipinski definition) is 0.